The molecule has 1 heterocycles. The highest BCUT2D eigenvalue weighted by atomic mass is 35.5. The van der Waals surface area contributed by atoms with Crippen molar-refractivity contribution in [1.29, 1.82) is 0 Å². The Morgan fingerprint density at radius 1 is 1.33 bits per heavy atom. The van der Waals surface area contributed by atoms with Crippen LogP contribution in [0.5, 0.6) is 0 Å². The highest BCUT2D eigenvalue weighted by molar-refractivity contribution is 6.34. The zero-order valence-corrected chi connectivity index (χ0v) is 12.4. The summed E-state index contributed by atoms with van der Waals surface area (Å²) in [6.45, 7) is 3.47. The minimum Gasteiger partial charge on any atom is -0.302 e. The predicted octanol–water partition coefficient (Wildman–Crippen LogP) is 1.75. The Balaban J connectivity index is 2.06. The minimum absolute atomic E-state index is 0.0377. The Morgan fingerprint density at radius 2 is 2.05 bits per heavy atom. The number of carbonyl (C=O) groups is 1. The first-order valence-electron chi connectivity index (χ1n) is 6.33. The fourth-order valence-electron chi connectivity index (χ4n) is 1.85. The number of carbonyl (C=O) groups excluding carboxylic acids is 1. The summed E-state index contributed by atoms with van der Waals surface area (Å²) >= 11 is 6.05. The van der Waals surface area contributed by atoms with E-state index in [0.717, 1.165) is 5.56 Å². The van der Waals surface area contributed by atoms with E-state index in [1.54, 1.807) is 19.9 Å². The molecule has 7 heteroatoms. The lowest BCUT2D eigenvalue weighted by Crippen LogP contribution is -2.24. The van der Waals surface area contributed by atoms with Gasteiger partial charge in [-0.25, -0.2) is 5.43 Å². The molecule has 0 spiro atoms. The SMILES string of the molecule is C/C(=N\NC(=O)Cc1c(C)[nH][nH]c1=O)c1ccccc1Cl. The van der Waals surface area contributed by atoms with E-state index in [9.17, 15) is 9.59 Å². The van der Waals surface area contributed by atoms with Crippen LogP contribution < -0.4 is 11.0 Å². The number of hydrogen-bond donors (Lipinski definition) is 3. The van der Waals surface area contributed by atoms with Crippen molar-refractivity contribution < 1.29 is 4.79 Å². The molecule has 0 saturated carbocycles. The second-order valence-corrected chi connectivity index (χ2v) is 4.98. The molecule has 3 N–H and O–H groups in total. The highest BCUT2D eigenvalue weighted by Crippen LogP contribution is 2.15. The van der Waals surface area contributed by atoms with Crippen molar-refractivity contribution in [2.45, 2.75) is 20.3 Å². The number of halogens is 1. The van der Waals surface area contributed by atoms with Gasteiger partial charge in [0.2, 0.25) is 5.91 Å². The van der Waals surface area contributed by atoms with E-state index in [-0.39, 0.29) is 17.9 Å². The average molecular weight is 307 g/mol. The number of rotatable bonds is 4. The maximum absolute atomic E-state index is 11.8. The maximum atomic E-state index is 11.8. The van der Waals surface area contributed by atoms with Crippen LogP contribution in [-0.2, 0) is 11.2 Å². The van der Waals surface area contributed by atoms with Gasteiger partial charge in [0, 0.05) is 21.8 Å². The molecule has 2 aromatic rings. The second kappa shape index (κ2) is 6.41. The zero-order valence-electron chi connectivity index (χ0n) is 11.7. The van der Waals surface area contributed by atoms with Crippen molar-refractivity contribution in [3.05, 3.63) is 56.5 Å². The lowest BCUT2D eigenvalue weighted by Gasteiger charge is -2.04. The fraction of sp³-hybridized carbons (Fsp3) is 0.214. The van der Waals surface area contributed by atoms with Gasteiger partial charge < -0.3 is 5.10 Å². The monoisotopic (exact) mass is 306 g/mol. The van der Waals surface area contributed by atoms with E-state index in [4.69, 9.17) is 11.6 Å². The number of nitrogens with zero attached hydrogens (tertiary/aromatic N) is 1. The van der Waals surface area contributed by atoms with Gasteiger partial charge in [0.1, 0.15) is 0 Å². The van der Waals surface area contributed by atoms with Gasteiger partial charge in [-0.1, -0.05) is 29.8 Å². The molecule has 0 atom stereocenters. The summed E-state index contributed by atoms with van der Waals surface area (Å²) in [4.78, 5) is 23.3. The van der Waals surface area contributed by atoms with E-state index in [1.807, 2.05) is 18.2 Å². The molecular weight excluding hydrogens is 292 g/mol. The highest BCUT2D eigenvalue weighted by Gasteiger charge is 2.11. The minimum atomic E-state index is -0.366. The van der Waals surface area contributed by atoms with Gasteiger partial charge >= 0.3 is 0 Å². The second-order valence-electron chi connectivity index (χ2n) is 4.57. The number of H-pyrrole nitrogens is 2. The van der Waals surface area contributed by atoms with Crippen molar-refractivity contribution in [2.24, 2.45) is 5.10 Å². The third-order valence-corrected chi connectivity index (χ3v) is 3.37. The van der Waals surface area contributed by atoms with E-state index in [1.165, 1.54) is 0 Å². The van der Waals surface area contributed by atoms with Gasteiger partial charge in [-0.05, 0) is 19.9 Å². The predicted molar refractivity (Wildman–Crippen MR) is 81.7 cm³/mol. The molecule has 1 aromatic carbocycles. The van der Waals surface area contributed by atoms with E-state index in [0.29, 0.717) is 22.0 Å². The molecule has 0 unspecified atom stereocenters. The molecule has 1 amide bonds. The first-order valence-corrected chi connectivity index (χ1v) is 6.71. The van der Waals surface area contributed by atoms with Crippen molar-refractivity contribution in [3.63, 3.8) is 0 Å². The first kappa shape index (κ1) is 15.1. The summed E-state index contributed by atoms with van der Waals surface area (Å²) in [7, 11) is 0. The first-order chi connectivity index (χ1) is 9.99. The standard InChI is InChI=1S/C14H15ClN4O2/c1-8(10-5-3-4-6-12(10)15)16-18-13(20)7-11-9(2)17-19-14(11)21/h3-6H,7H2,1-2H3,(H,18,20)(H2,17,19,21)/b16-8+. The molecule has 0 saturated heterocycles. The van der Waals surface area contributed by atoms with Crippen LogP contribution in [0.15, 0.2) is 34.2 Å². The number of aromatic nitrogens is 2. The molecule has 0 aliphatic carbocycles. The van der Waals surface area contributed by atoms with Crippen LogP contribution in [-0.4, -0.2) is 21.8 Å². The van der Waals surface area contributed by atoms with Crippen molar-refractivity contribution in [3.8, 4) is 0 Å². The van der Waals surface area contributed by atoms with E-state index >= 15 is 0 Å². The number of benzene rings is 1. The summed E-state index contributed by atoms with van der Waals surface area (Å²) in [6, 6.07) is 7.22. The lowest BCUT2D eigenvalue weighted by molar-refractivity contribution is -0.120. The number of nitrogens with one attached hydrogen (secondary N) is 3. The Kier molecular flexibility index (Phi) is 4.59. The molecule has 0 fully saturated rings. The fourth-order valence-corrected chi connectivity index (χ4v) is 2.12. The Bertz CT molecular complexity index is 745. The molecule has 0 radical (unpaired) electrons. The lowest BCUT2D eigenvalue weighted by atomic mass is 10.1. The quantitative estimate of drug-likeness (QED) is 0.593. The van der Waals surface area contributed by atoms with Gasteiger partial charge in [-0.2, -0.15) is 5.10 Å². The van der Waals surface area contributed by atoms with Crippen molar-refractivity contribution in [2.75, 3.05) is 0 Å². The Morgan fingerprint density at radius 3 is 2.67 bits per heavy atom. The average Bonchev–Trinajstić information content (AvgIpc) is 2.77. The summed E-state index contributed by atoms with van der Waals surface area (Å²) in [5, 5.41) is 9.66. The van der Waals surface area contributed by atoms with Crippen LogP contribution in [0.1, 0.15) is 23.7 Å². The molecule has 0 aliphatic heterocycles. The number of hydrazone groups is 1. The summed E-state index contributed by atoms with van der Waals surface area (Å²) in [6.07, 6.45) is -0.0377. The van der Waals surface area contributed by atoms with Crippen molar-refractivity contribution >= 4 is 23.2 Å². The number of hydrogen-bond acceptors (Lipinski definition) is 3. The third kappa shape index (κ3) is 3.61. The van der Waals surface area contributed by atoms with Crippen LogP contribution in [0.25, 0.3) is 0 Å². The number of aryl methyl sites for hydroxylation is 1. The van der Waals surface area contributed by atoms with Gasteiger partial charge in [0.05, 0.1) is 12.1 Å². The topological polar surface area (TPSA) is 90.1 Å². The molecule has 0 bridgehead atoms. The Labute approximate surface area is 126 Å². The molecule has 2 rings (SSSR count). The van der Waals surface area contributed by atoms with E-state index < -0.39 is 0 Å². The van der Waals surface area contributed by atoms with Gasteiger partial charge in [0.25, 0.3) is 5.56 Å². The molecule has 6 nitrogen and oxygen atoms in total. The Hall–Kier alpha value is -2.34. The normalized spacial score (nSPS) is 11.5. The summed E-state index contributed by atoms with van der Waals surface area (Å²) in [5.41, 5.74) is 4.51. The number of amides is 1. The molecule has 110 valence electrons. The largest absolute Gasteiger partial charge is 0.302 e. The molecule has 0 aliphatic rings. The maximum Gasteiger partial charge on any atom is 0.267 e. The van der Waals surface area contributed by atoms with Crippen LogP contribution in [0.4, 0.5) is 0 Å². The summed E-state index contributed by atoms with van der Waals surface area (Å²) in [5.74, 6) is -0.366. The summed E-state index contributed by atoms with van der Waals surface area (Å²) < 4.78 is 0. The number of aromatic amines is 2. The molecular formula is C14H15ClN4O2. The third-order valence-electron chi connectivity index (χ3n) is 3.04. The zero-order chi connectivity index (χ0) is 15.4. The van der Waals surface area contributed by atoms with E-state index in [2.05, 4.69) is 20.7 Å². The van der Waals surface area contributed by atoms with Crippen LogP contribution in [0.2, 0.25) is 5.02 Å². The smallest absolute Gasteiger partial charge is 0.267 e. The van der Waals surface area contributed by atoms with Gasteiger partial charge in [-0.15, -0.1) is 0 Å². The molecule has 21 heavy (non-hydrogen) atoms. The van der Waals surface area contributed by atoms with Crippen LogP contribution in [0.3, 0.4) is 0 Å². The van der Waals surface area contributed by atoms with Crippen LogP contribution in [0, 0.1) is 6.92 Å². The van der Waals surface area contributed by atoms with Crippen molar-refractivity contribution in [1.82, 2.24) is 15.6 Å². The van der Waals surface area contributed by atoms with Gasteiger partial charge in [0.15, 0.2) is 0 Å². The van der Waals surface area contributed by atoms with Crippen LogP contribution >= 0.6 is 11.6 Å². The van der Waals surface area contributed by atoms with Gasteiger partial charge in [-0.3, -0.25) is 14.7 Å². The molecule has 1 aromatic heterocycles.